The van der Waals surface area contributed by atoms with E-state index in [0.29, 0.717) is 17.3 Å². The zero-order valence-electron chi connectivity index (χ0n) is 10.1. The predicted molar refractivity (Wildman–Crippen MR) is 80.6 cm³/mol. The van der Waals surface area contributed by atoms with Gasteiger partial charge in [-0.15, -0.1) is 21.5 Å². The molecule has 0 aliphatic rings. The Morgan fingerprint density at radius 3 is 2.80 bits per heavy atom. The molecule has 2 heterocycles. The van der Waals surface area contributed by atoms with Gasteiger partial charge in [-0.05, 0) is 52.3 Å². The minimum absolute atomic E-state index is 0.302. The van der Waals surface area contributed by atoms with Crippen LogP contribution in [0.25, 0.3) is 23.6 Å². The van der Waals surface area contributed by atoms with Crippen LogP contribution in [0, 0.1) is 5.82 Å². The number of aromatic nitrogens is 2. The molecule has 0 amide bonds. The van der Waals surface area contributed by atoms with Crippen LogP contribution < -0.4 is 0 Å². The Bertz CT molecular complexity index is 766. The molecule has 0 spiro atoms. The lowest BCUT2D eigenvalue weighted by atomic mass is 10.2. The van der Waals surface area contributed by atoms with Crippen LogP contribution in [-0.2, 0) is 0 Å². The second kappa shape index (κ2) is 5.68. The molecule has 0 fully saturated rings. The first-order chi connectivity index (χ1) is 9.70. The van der Waals surface area contributed by atoms with Crippen molar-refractivity contribution in [2.24, 2.45) is 0 Å². The molecule has 2 aromatic heterocycles. The largest absolute Gasteiger partial charge is 0.417 e. The number of benzene rings is 1. The first kappa shape index (κ1) is 13.2. The van der Waals surface area contributed by atoms with Gasteiger partial charge in [-0.3, -0.25) is 0 Å². The van der Waals surface area contributed by atoms with Crippen LogP contribution in [0.15, 0.2) is 44.6 Å². The van der Waals surface area contributed by atoms with E-state index >= 15 is 0 Å². The van der Waals surface area contributed by atoms with Crippen LogP contribution in [0.2, 0.25) is 0 Å². The molecular formula is C14H8BrFN2OS. The fraction of sp³-hybridized carbons (Fsp3) is 0. The van der Waals surface area contributed by atoms with Gasteiger partial charge in [0.25, 0.3) is 0 Å². The highest BCUT2D eigenvalue weighted by atomic mass is 79.9. The van der Waals surface area contributed by atoms with Crippen molar-refractivity contribution >= 4 is 39.4 Å². The molecule has 1 aromatic carbocycles. The van der Waals surface area contributed by atoms with Gasteiger partial charge in [0.1, 0.15) is 5.82 Å². The summed E-state index contributed by atoms with van der Waals surface area (Å²) in [4.78, 5) is 1.07. The minimum atomic E-state index is -0.332. The summed E-state index contributed by atoms with van der Waals surface area (Å²) < 4.78 is 19.7. The molecule has 0 bridgehead atoms. The van der Waals surface area contributed by atoms with E-state index in [2.05, 4.69) is 26.1 Å². The Balaban J connectivity index is 1.82. The van der Waals surface area contributed by atoms with Gasteiger partial charge in [-0.25, -0.2) is 4.39 Å². The van der Waals surface area contributed by atoms with Crippen molar-refractivity contribution < 1.29 is 8.81 Å². The lowest BCUT2D eigenvalue weighted by molar-refractivity contribution is 0.556. The van der Waals surface area contributed by atoms with Crippen LogP contribution in [0.5, 0.6) is 0 Å². The molecule has 3 rings (SSSR count). The third-order valence-corrected chi connectivity index (χ3v) is 4.09. The first-order valence-corrected chi connectivity index (χ1v) is 7.34. The summed E-state index contributed by atoms with van der Waals surface area (Å²) >= 11 is 5.00. The van der Waals surface area contributed by atoms with E-state index < -0.39 is 0 Å². The number of hydrogen-bond acceptors (Lipinski definition) is 4. The summed E-state index contributed by atoms with van der Waals surface area (Å²) in [6.45, 7) is 0. The van der Waals surface area contributed by atoms with Gasteiger partial charge in [0.05, 0.1) is 3.79 Å². The van der Waals surface area contributed by atoms with Gasteiger partial charge in [0.15, 0.2) is 0 Å². The average molecular weight is 351 g/mol. The van der Waals surface area contributed by atoms with E-state index in [0.717, 1.165) is 8.66 Å². The van der Waals surface area contributed by atoms with Crippen LogP contribution in [-0.4, -0.2) is 10.2 Å². The average Bonchev–Trinajstić information content (AvgIpc) is 3.05. The molecule has 0 saturated carbocycles. The Hall–Kier alpha value is -1.79. The minimum Gasteiger partial charge on any atom is -0.417 e. The van der Waals surface area contributed by atoms with Gasteiger partial charge < -0.3 is 4.42 Å². The zero-order chi connectivity index (χ0) is 13.9. The molecule has 3 nitrogen and oxygen atoms in total. The Kier molecular flexibility index (Phi) is 3.75. The summed E-state index contributed by atoms with van der Waals surface area (Å²) in [7, 11) is 0. The standard InChI is InChI=1S/C14H8BrFN2OS/c15-12-6-4-11(20-12)5-7-13-17-18-14(19-13)9-2-1-3-10(16)8-9/h1-8H/b7-5+. The van der Waals surface area contributed by atoms with Crippen molar-refractivity contribution in [2.75, 3.05) is 0 Å². The molecule has 100 valence electrons. The fourth-order valence-electron chi connectivity index (χ4n) is 1.61. The van der Waals surface area contributed by atoms with E-state index in [1.807, 2.05) is 18.2 Å². The van der Waals surface area contributed by atoms with Gasteiger partial charge in [0, 0.05) is 16.5 Å². The number of nitrogens with zero attached hydrogens (tertiary/aromatic N) is 2. The smallest absolute Gasteiger partial charge is 0.248 e. The number of rotatable bonds is 3. The maximum absolute atomic E-state index is 13.1. The second-order valence-corrected chi connectivity index (χ2v) is 6.43. The highest BCUT2D eigenvalue weighted by Gasteiger charge is 2.07. The summed E-state index contributed by atoms with van der Waals surface area (Å²) in [6, 6.07) is 10.0. The molecule has 0 radical (unpaired) electrons. The van der Waals surface area contributed by atoms with Crippen molar-refractivity contribution in [3.05, 3.63) is 56.8 Å². The highest BCUT2D eigenvalue weighted by Crippen LogP contribution is 2.24. The van der Waals surface area contributed by atoms with E-state index in [-0.39, 0.29) is 5.82 Å². The summed E-state index contributed by atoms with van der Waals surface area (Å²) in [6.07, 6.45) is 3.62. The van der Waals surface area contributed by atoms with E-state index in [4.69, 9.17) is 4.42 Å². The van der Waals surface area contributed by atoms with Gasteiger partial charge in [0.2, 0.25) is 11.8 Å². The number of halogens is 2. The quantitative estimate of drug-likeness (QED) is 0.676. The van der Waals surface area contributed by atoms with Crippen LogP contribution in [0.4, 0.5) is 4.39 Å². The summed E-state index contributed by atoms with van der Waals surface area (Å²) in [5.41, 5.74) is 0.566. The maximum atomic E-state index is 13.1. The SMILES string of the molecule is Fc1cccc(-c2nnc(/C=C/c3ccc(Br)s3)o2)c1. The van der Waals surface area contributed by atoms with Crippen molar-refractivity contribution in [1.29, 1.82) is 0 Å². The predicted octanol–water partition coefficient (Wildman–Crippen LogP) is 4.87. The topological polar surface area (TPSA) is 38.9 Å². The van der Waals surface area contributed by atoms with Crippen molar-refractivity contribution in [2.45, 2.75) is 0 Å². The molecule has 3 aromatic rings. The molecule has 0 unspecified atom stereocenters. The van der Waals surface area contributed by atoms with Crippen LogP contribution >= 0.6 is 27.3 Å². The Morgan fingerprint density at radius 1 is 1.15 bits per heavy atom. The van der Waals surface area contributed by atoms with Crippen LogP contribution in [0.1, 0.15) is 10.8 Å². The lowest BCUT2D eigenvalue weighted by Gasteiger charge is -1.93. The zero-order valence-corrected chi connectivity index (χ0v) is 12.5. The van der Waals surface area contributed by atoms with Crippen molar-refractivity contribution in [1.82, 2.24) is 10.2 Å². The molecule has 0 aliphatic heterocycles. The second-order valence-electron chi connectivity index (χ2n) is 3.93. The van der Waals surface area contributed by atoms with E-state index in [1.54, 1.807) is 29.5 Å². The molecular weight excluding hydrogens is 343 g/mol. The van der Waals surface area contributed by atoms with E-state index in [9.17, 15) is 4.39 Å². The van der Waals surface area contributed by atoms with Gasteiger partial charge >= 0.3 is 0 Å². The molecule has 20 heavy (non-hydrogen) atoms. The molecule has 6 heteroatoms. The number of hydrogen-bond donors (Lipinski definition) is 0. The van der Waals surface area contributed by atoms with E-state index in [1.165, 1.54) is 12.1 Å². The monoisotopic (exact) mass is 350 g/mol. The van der Waals surface area contributed by atoms with Crippen LogP contribution in [0.3, 0.4) is 0 Å². The Labute approximate surface area is 126 Å². The lowest BCUT2D eigenvalue weighted by Crippen LogP contribution is -1.79. The normalized spacial score (nSPS) is 11.3. The van der Waals surface area contributed by atoms with Gasteiger partial charge in [-0.2, -0.15) is 0 Å². The Morgan fingerprint density at radius 2 is 2.05 bits per heavy atom. The van der Waals surface area contributed by atoms with Gasteiger partial charge in [-0.1, -0.05) is 6.07 Å². The summed E-state index contributed by atoms with van der Waals surface area (Å²) in [5.74, 6) is 0.353. The third-order valence-electron chi connectivity index (χ3n) is 2.50. The van der Waals surface area contributed by atoms with Crippen molar-refractivity contribution in [3.8, 4) is 11.5 Å². The highest BCUT2D eigenvalue weighted by molar-refractivity contribution is 9.11. The molecule has 0 atom stereocenters. The maximum Gasteiger partial charge on any atom is 0.248 e. The number of thiophene rings is 1. The molecule has 0 N–H and O–H groups in total. The third kappa shape index (κ3) is 3.02. The van der Waals surface area contributed by atoms with Crippen molar-refractivity contribution in [3.63, 3.8) is 0 Å². The first-order valence-electron chi connectivity index (χ1n) is 5.73. The molecule has 0 aliphatic carbocycles. The summed E-state index contributed by atoms with van der Waals surface area (Å²) in [5, 5.41) is 7.82. The fourth-order valence-corrected chi connectivity index (χ4v) is 2.94. The molecule has 0 saturated heterocycles.